The van der Waals surface area contributed by atoms with Crippen LogP contribution in [0, 0.1) is 11.6 Å². The number of phenols is 1. The number of aromatic nitrogens is 4. The van der Waals surface area contributed by atoms with E-state index in [0.717, 1.165) is 24.6 Å². The molecule has 57 heavy (non-hydrogen) atoms. The van der Waals surface area contributed by atoms with E-state index in [9.17, 15) is 13.9 Å². The Bertz CT molecular complexity index is 2330. The molecule has 13 nitrogen and oxygen atoms in total. The zero-order chi connectivity index (χ0) is 39.7. The van der Waals surface area contributed by atoms with Crippen molar-refractivity contribution in [2.45, 2.75) is 31.5 Å². The molecule has 0 spiro atoms. The lowest BCUT2D eigenvalue weighted by Crippen LogP contribution is -2.26. The van der Waals surface area contributed by atoms with Crippen molar-refractivity contribution in [3.05, 3.63) is 95.0 Å². The molecule has 17 heteroatoms. The molecule has 8 rings (SSSR count). The van der Waals surface area contributed by atoms with Gasteiger partial charge in [0.05, 0.1) is 54.1 Å². The van der Waals surface area contributed by atoms with Crippen molar-refractivity contribution < 1.29 is 42.3 Å². The molecule has 2 saturated heterocycles. The summed E-state index contributed by atoms with van der Waals surface area (Å²) in [6, 6.07) is 15.6. The summed E-state index contributed by atoms with van der Waals surface area (Å²) in [5, 5.41) is 17.9. The number of halogens is 4. The van der Waals surface area contributed by atoms with Crippen LogP contribution < -0.4 is 24.8 Å². The Morgan fingerprint density at radius 2 is 1.25 bits per heavy atom. The maximum Gasteiger partial charge on any atom is 0.163 e. The Morgan fingerprint density at radius 3 is 1.82 bits per heavy atom. The Morgan fingerprint density at radius 1 is 0.684 bits per heavy atom. The first kappa shape index (κ1) is 39.9. The van der Waals surface area contributed by atoms with Crippen LogP contribution in [0.5, 0.6) is 23.0 Å². The zero-order valence-electron chi connectivity index (χ0n) is 30.6. The summed E-state index contributed by atoms with van der Waals surface area (Å²) in [7, 11) is 1.62. The van der Waals surface area contributed by atoms with Crippen LogP contribution in [0.25, 0.3) is 21.8 Å². The van der Waals surface area contributed by atoms with Crippen LogP contribution in [-0.2, 0) is 14.2 Å². The number of hydrogen-bond donors (Lipinski definition) is 3. The van der Waals surface area contributed by atoms with Crippen molar-refractivity contribution in [3.63, 3.8) is 0 Å². The maximum absolute atomic E-state index is 13.5. The summed E-state index contributed by atoms with van der Waals surface area (Å²) in [6.45, 7) is 3.30. The van der Waals surface area contributed by atoms with Gasteiger partial charge in [0.2, 0.25) is 0 Å². The summed E-state index contributed by atoms with van der Waals surface area (Å²) >= 11 is 11.7. The normalized spacial score (nSPS) is 15.6. The molecule has 6 aromatic rings. The maximum atomic E-state index is 13.5. The summed E-state index contributed by atoms with van der Waals surface area (Å²) in [5.41, 5.74) is 2.41. The summed E-state index contributed by atoms with van der Waals surface area (Å²) < 4.78 is 60.6. The van der Waals surface area contributed by atoms with Crippen molar-refractivity contribution in [1.82, 2.24) is 19.9 Å². The van der Waals surface area contributed by atoms with Gasteiger partial charge >= 0.3 is 0 Å². The van der Waals surface area contributed by atoms with Crippen LogP contribution in [0.15, 0.2) is 73.3 Å². The average Bonchev–Trinajstić information content (AvgIpc) is 3.73. The molecule has 0 amide bonds. The van der Waals surface area contributed by atoms with Crippen LogP contribution in [-0.4, -0.2) is 84.0 Å². The molecule has 2 fully saturated rings. The molecule has 2 aliphatic rings. The Labute approximate surface area is 336 Å². The van der Waals surface area contributed by atoms with E-state index in [4.69, 9.17) is 51.6 Å². The number of nitrogens with one attached hydrogen (secondary N) is 2. The third kappa shape index (κ3) is 10.2. The number of rotatable bonds is 12. The van der Waals surface area contributed by atoms with E-state index in [1.807, 2.05) is 12.1 Å². The first-order valence-electron chi connectivity index (χ1n) is 18.0. The van der Waals surface area contributed by atoms with Gasteiger partial charge in [-0.15, -0.1) is 0 Å². The van der Waals surface area contributed by atoms with E-state index in [1.54, 1.807) is 25.3 Å². The number of ether oxygens (including phenoxy) is 6. The molecule has 0 aliphatic carbocycles. The first-order valence-corrected chi connectivity index (χ1v) is 18.8. The molecule has 4 heterocycles. The molecule has 0 bridgehead atoms. The highest BCUT2D eigenvalue weighted by Gasteiger charge is 2.21. The second kappa shape index (κ2) is 18.7. The molecule has 1 atom stereocenters. The van der Waals surface area contributed by atoms with E-state index in [-0.39, 0.29) is 28.0 Å². The Kier molecular flexibility index (Phi) is 13.1. The average molecular weight is 824 g/mol. The number of methoxy groups -OCH3 is 1. The number of fused-ring (bicyclic) bond motifs is 2. The highest BCUT2D eigenvalue weighted by Crippen LogP contribution is 2.38. The van der Waals surface area contributed by atoms with Crippen LogP contribution in [0.3, 0.4) is 0 Å². The highest BCUT2D eigenvalue weighted by molar-refractivity contribution is 6.31. The smallest absolute Gasteiger partial charge is 0.163 e. The Hall–Kier alpha value is -5.32. The lowest BCUT2D eigenvalue weighted by molar-refractivity contribution is 0.0240. The quantitative estimate of drug-likeness (QED) is 0.101. The minimum Gasteiger partial charge on any atom is -0.504 e. The SMILES string of the molecule is COCCOc1cc2ncnc(Nc3ccc(F)c(Cl)c3)c2cc1OC1CCOCC1.Oc1cc2ncnc(Nc3ccc(F)c(Cl)c3)c2cc1O[C@H]1CCOC1. The molecular weight excluding hydrogens is 785 g/mol. The molecule has 3 N–H and O–H groups in total. The van der Waals surface area contributed by atoms with Gasteiger partial charge in [-0.2, -0.15) is 0 Å². The lowest BCUT2D eigenvalue weighted by Gasteiger charge is -2.25. The van der Waals surface area contributed by atoms with Gasteiger partial charge < -0.3 is 44.2 Å². The highest BCUT2D eigenvalue weighted by atomic mass is 35.5. The van der Waals surface area contributed by atoms with Crippen molar-refractivity contribution in [2.75, 3.05) is 57.4 Å². The minimum absolute atomic E-state index is 0.00104. The summed E-state index contributed by atoms with van der Waals surface area (Å²) in [6.07, 6.45) is 5.14. The molecule has 2 aliphatic heterocycles. The summed E-state index contributed by atoms with van der Waals surface area (Å²) in [4.78, 5) is 17.1. The van der Waals surface area contributed by atoms with Crippen molar-refractivity contribution in [1.29, 1.82) is 0 Å². The predicted molar refractivity (Wildman–Crippen MR) is 212 cm³/mol. The van der Waals surface area contributed by atoms with E-state index < -0.39 is 11.6 Å². The van der Waals surface area contributed by atoms with Crippen LogP contribution >= 0.6 is 23.2 Å². The van der Waals surface area contributed by atoms with Gasteiger partial charge in [-0.3, -0.25) is 0 Å². The molecule has 0 saturated carbocycles. The molecule has 298 valence electrons. The number of nitrogens with zero attached hydrogens (tertiary/aromatic N) is 4. The van der Waals surface area contributed by atoms with Gasteiger partial charge in [-0.1, -0.05) is 23.2 Å². The molecular formula is C40H38Cl2F2N6O7. The topological polar surface area (TPSA) is 151 Å². The van der Waals surface area contributed by atoms with Gasteiger partial charge in [0.25, 0.3) is 0 Å². The fourth-order valence-electron chi connectivity index (χ4n) is 6.05. The molecule has 4 aromatic carbocycles. The van der Waals surface area contributed by atoms with Crippen molar-refractivity contribution >= 4 is 68.0 Å². The van der Waals surface area contributed by atoms with Gasteiger partial charge in [0.15, 0.2) is 23.0 Å². The van der Waals surface area contributed by atoms with E-state index >= 15 is 0 Å². The lowest BCUT2D eigenvalue weighted by atomic mass is 10.1. The standard InChI is InChI=1S/C22H23ClFN3O4.C18H15ClFN3O3/c1-28-8-9-30-20-12-19-16(11-21(20)31-15-4-6-29-7-5-15)22(26-13-25-19)27-14-2-3-18(24)17(23)10-14;19-13-5-10(1-2-14(13)20)23-18-12-6-17(26-11-3-4-25-8-11)16(24)7-15(12)21-9-22-18/h2-3,10-13,15H,4-9H2,1H3,(H,25,26,27);1-2,5-7,9,11,24H,3-4,8H2,(H,21,22,23)/t;11-/m.0/s1. The van der Waals surface area contributed by atoms with E-state index in [1.165, 1.54) is 43.0 Å². The number of aromatic hydroxyl groups is 1. The first-order chi connectivity index (χ1) is 27.7. The van der Waals surface area contributed by atoms with Crippen molar-refractivity contribution in [2.24, 2.45) is 0 Å². The molecule has 0 unspecified atom stereocenters. The second-order valence-electron chi connectivity index (χ2n) is 13.0. The zero-order valence-corrected chi connectivity index (χ0v) is 32.2. The van der Waals surface area contributed by atoms with E-state index in [0.29, 0.717) is 96.3 Å². The molecule has 2 aromatic heterocycles. The number of hydrogen-bond acceptors (Lipinski definition) is 13. The van der Waals surface area contributed by atoms with Crippen LogP contribution in [0.4, 0.5) is 31.8 Å². The van der Waals surface area contributed by atoms with Gasteiger partial charge in [-0.25, -0.2) is 28.7 Å². The number of benzene rings is 4. The van der Waals surface area contributed by atoms with Crippen molar-refractivity contribution in [3.8, 4) is 23.0 Å². The van der Waals surface area contributed by atoms with Gasteiger partial charge in [0, 0.05) is 60.7 Å². The fraction of sp³-hybridized carbons (Fsp3) is 0.300. The predicted octanol–water partition coefficient (Wildman–Crippen LogP) is 8.79. The minimum atomic E-state index is -0.496. The number of phenolic OH excluding ortho intramolecular Hbond substituents is 1. The van der Waals surface area contributed by atoms with Gasteiger partial charge in [-0.05, 0) is 48.5 Å². The largest absolute Gasteiger partial charge is 0.504 e. The van der Waals surface area contributed by atoms with Gasteiger partial charge in [0.1, 0.15) is 54.7 Å². The second-order valence-corrected chi connectivity index (χ2v) is 13.8. The van der Waals surface area contributed by atoms with Crippen LogP contribution in [0.1, 0.15) is 19.3 Å². The van der Waals surface area contributed by atoms with E-state index in [2.05, 4.69) is 30.6 Å². The van der Waals surface area contributed by atoms with Crippen LogP contribution in [0.2, 0.25) is 10.0 Å². The monoisotopic (exact) mass is 822 g/mol. The third-order valence-corrected chi connectivity index (χ3v) is 9.55. The fourth-order valence-corrected chi connectivity index (χ4v) is 6.41. The number of anilines is 4. The molecule has 0 radical (unpaired) electrons. The Balaban J connectivity index is 0.000000177. The summed E-state index contributed by atoms with van der Waals surface area (Å²) in [5.74, 6) is 1.59. The third-order valence-electron chi connectivity index (χ3n) is 8.97.